The molecule has 0 N–H and O–H groups in total. The fraction of sp³-hybridized carbons (Fsp3) is 0.259. The van der Waals surface area contributed by atoms with Gasteiger partial charge in [0.2, 0.25) is 5.91 Å². The highest BCUT2D eigenvalue weighted by atomic mass is 35.5. The number of hydrogen-bond donors (Lipinski definition) is 0. The van der Waals surface area contributed by atoms with E-state index in [1.54, 1.807) is 5.06 Å². The van der Waals surface area contributed by atoms with Crippen LogP contribution in [0, 0.1) is 18.7 Å². The van der Waals surface area contributed by atoms with Crippen LogP contribution in [0.25, 0.3) is 0 Å². The molecule has 5 nitrogen and oxygen atoms in total. The number of benzene rings is 3. The normalized spacial score (nSPS) is 29.0. The van der Waals surface area contributed by atoms with Gasteiger partial charge in [-0.2, -0.15) is 0 Å². The van der Waals surface area contributed by atoms with Crippen molar-refractivity contribution in [1.82, 2.24) is 0 Å². The van der Waals surface area contributed by atoms with E-state index in [2.05, 4.69) is 0 Å². The number of alkyl halides is 2. The van der Waals surface area contributed by atoms with Gasteiger partial charge in [-0.25, -0.2) is 14.4 Å². The number of hydrogen-bond acceptors (Lipinski definition) is 4. The minimum atomic E-state index is -1.16. The van der Waals surface area contributed by atoms with Crippen molar-refractivity contribution in [3.63, 3.8) is 0 Å². The summed E-state index contributed by atoms with van der Waals surface area (Å²) >= 11 is 13.7. The van der Waals surface area contributed by atoms with Crippen LogP contribution < -0.4 is 9.96 Å². The fourth-order valence-corrected chi connectivity index (χ4v) is 6.39. The van der Waals surface area contributed by atoms with Crippen LogP contribution in [0.5, 0.6) is 0 Å². The first kappa shape index (κ1) is 22.5. The minimum absolute atomic E-state index is 0.299. The Bertz CT molecular complexity index is 1320. The number of anilines is 2. The lowest BCUT2D eigenvalue weighted by atomic mass is 9.79. The molecule has 1 aliphatic carbocycles. The van der Waals surface area contributed by atoms with E-state index in [4.69, 9.17) is 28.0 Å². The van der Waals surface area contributed by atoms with Gasteiger partial charge in [-0.3, -0.25) is 14.4 Å². The summed E-state index contributed by atoms with van der Waals surface area (Å²) in [6, 6.07) is 21.8. The number of amides is 2. The molecule has 1 saturated carbocycles. The number of rotatable bonds is 4. The maximum absolute atomic E-state index is 13.9. The molecular formula is C27H21Cl2FN2O3. The zero-order chi connectivity index (χ0) is 24.5. The Kier molecular flexibility index (Phi) is 5.01. The Morgan fingerprint density at radius 2 is 1.49 bits per heavy atom. The summed E-state index contributed by atoms with van der Waals surface area (Å²) in [6.07, 6.45) is -0.658. The van der Waals surface area contributed by atoms with Gasteiger partial charge < -0.3 is 0 Å². The molecular weight excluding hydrogens is 490 g/mol. The first-order valence-electron chi connectivity index (χ1n) is 11.3. The molecule has 4 atom stereocenters. The number of hydroxylamine groups is 1. The van der Waals surface area contributed by atoms with Gasteiger partial charge in [-0.1, -0.05) is 48.0 Å². The van der Waals surface area contributed by atoms with E-state index in [-0.39, 0.29) is 0 Å². The summed E-state index contributed by atoms with van der Waals surface area (Å²) in [6.45, 7) is 1.98. The maximum Gasteiger partial charge on any atom is 0.266 e. The molecule has 0 bridgehead atoms. The predicted molar refractivity (Wildman–Crippen MR) is 132 cm³/mol. The standard InChI is InChI=1S/C27H21Cl2FN2O3/c1-16-7-11-20(12-8-16)32-23(26(15-27(26,28)29)17-5-3-2-4-6-17)21-22(35-32)25(34)31(24(21)33)19-13-9-18(30)10-14-19/h2-14,21-23H,15H2,1H3. The topological polar surface area (TPSA) is 49.9 Å². The maximum atomic E-state index is 13.9. The van der Waals surface area contributed by atoms with E-state index in [9.17, 15) is 14.0 Å². The first-order chi connectivity index (χ1) is 16.7. The van der Waals surface area contributed by atoms with Gasteiger partial charge in [0.15, 0.2) is 6.10 Å². The number of halogens is 3. The Morgan fingerprint density at radius 1 is 0.886 bits per heavy atom. The van der Waals surface area contributed by atoms with Gasteiger partial charge in [0.1, 0.15) is 16.1 Å². The number of fused-ring (bicyclic) bond motifs is 1. The highest BCUT2D eigenvalue weighted by Crippen LogP contribution is 2.70. The van der Waals surface area contributed by atoms with Crippen molar-refractivity contribution in [2.45, 2.75) is 35.2 Å². The molecule has 3 fully saturated rings. The van der Waals surface area contributed by atoms with Gasteiger partial charge in [0.25, 0.3) is 5.91 Å². The summed E-state index contributed by atoms with van der Waals surface area (Å²) in [4.78, 5) is 34.7. The summed E-state index contributed by atoms with van der Waals surface area (Å²) in [5.74, 6) is -2.22. The Labute approximate surface area is 211 Å². The van der Waals surface area contributed by atoms with E-state index >= 15 is 0 Å². The van der Waals surface area contributed by atoms with E-state index in [0.29, 0.717) is 17.8 Å². The summed E-state index contributed by atoms with van der Waals surface area (Å²) in [5, 5.41) is 1.64. The average Bonchev–Trinajstić information content (AvgIpc) is 3.12. The highest BCUT2D eigenvalue weighted by Gasteiger charge is 2.78. The molecule has 8 heteroatoms. The van der Waals surface area contributed by atoms with Crippen molar-refractivity contribution in [2.75, 3.05) is 9.96 Å². The van der Waals surface area contributed by atoms with Crippen LogP contribution in [0.2, 0.25) is 0 Å². The quantitative estimate of drug-likeness (QED) is 0.351. The van der Waals surface area contributed by atoms with Crippen LogP contribution in [0.3, 0.4) is 0 Å². The number of nitrogens with zero attached hydrogens (tertiary/aromatic N) is 2. The van der Waals surface area contributed by atoms with Crippen LogP contribution in [-0.4, -0.2) is 28.3 Å². The molecule has 2 aliphatic heterocycles. The number of imide groups is 1. The van der Waals surface area contributed by atoms with Gasteiger partial charge in [0.05, 0.1) is 22.8 Å². The monoisotopic (exact) mass is 510 g/mol. The highest BCUT2D eigenvalue weighted by molar-refractivity contribution is 6.52. The smallest absolute Gasteiger partial charge is 0.266 e. The molecule has 178 valence electrons. The van der Waals surface area contributed by atoms with Crippen molar-refractivity contribution in [3.8, 4) is 0 Å². The lowest BCUT2D eigenvalue weighted by Gasteiger charge is -2.35. The molecule has 35 heavy (non-hydrogen) atoms. The third-order valence-corrected chi connectivity index (χ3v) is 8.25. The summed E-state index contributed by atoms with van der Waals surface area (Å²) in [7, 11) is 0. The number of aryl methyl sites for hydroxylation is 1. The fourth-order valence-electron chi connectivity index (χ4n) is 5.52. The van der Waals surface area contributed by atoms with Gasteiger partial charge >= 0.3 is 0 Å². The molecule has 2 amide bonds. The average molecular weight is 511 g/mol. The molecule has 2 saturated heterocycles. The van der Waals surface area contributed by atoms with Crippen LogP contribution in [-0.2, 0) is 19.8 Å². The Balaban J connectivity index is 1.49. The zero-order valence-electron chi connectivity index (χ0n) is 18.7. The van der Waals surface area contributed by atoms with Gasteiger partial charge in [0, 0.05) is 0 Å². The van der Waals surface area contributed by atoms with Crippen LogP contribution in [0.4, 0.5) is 15.8 Å². The van der Waals surface area contributed by atoms with E-state index < -0.39 is 45.4 Å². The van der Waals surface area contributed by atoms with Crippen LogP contribution in [0.15, 0.2) is 78.9 Å². The molecule has 0 spiro atoms. The number of carbonyl (C=O) groups excluding carboxylic acids is 2. The van der Waals surface area contributed by atoms with Gasteiger partial charge in [-0.05, 0) is 55.3 Å². The molecule has 3 aromatic carbocycles. The van der Waals surface area contributed by atoms with Crippen LogP contribution >= 0.6 is 23.2 Å². The van der Waals surface area contributed by atoms with Crippen molar-refractivity contribution in [3.05, 3.63) is 95.8 Å². The molecule has 0 radical (unpaired) electrons. The molecule has 6 rings (SSSR count). The second-order valence-electron chi connectivity index (χ2n) is 9.36. The largest absolute Gasteiger partial charge is 0.273 e. The molecule has 2 heterocycles. The predicted octanol–water partition coefficient (Wildman–Crippen LogP) is 5.33. The lowest BCUT2D eigenvalue weighted by Crippen LogP contribution is -2.49. The SMILES string of the molecule is Cc1ccc(N2OC3C(=O)N(c4ccc(F)cc4)C(=O)C3C2C2(c3ccccc3)CC2(Cl)Cl)cc1. The zero-order valence-corrected chi connectivity index (χ0v) is 20.2. The second kappa shape index (κ2) is 7.79. The molecule has 0 aromatic heterocycles. The second-order valence-corrected chi connectivity index (χ2v) is 10.8. The van der Waals surface area contributed by atoms with E-state index in [0.717, 1.165) is 16.0 Å². The third-order valence-electron chi connectivity index (χ3n) is 7.31. The minimum Gasteiger partial charge on any atom is -0.273 e. The molecule has 3 aromatic rings. The third kappa shape index (κ3) is 3.24. The number of carbonyl (C=O) groups is 2. The molecule has 3 aliphatic rings. The van der Waals surface area contributed by atoms with Crippen molar-refractivity contribution >= 4 is 46.4 Å². The van der Waals surface area contributed by atoms with E-state index in [1.807, 2.05) is 61.5 Å². The lowest BCUT2D eigenvalue weighted by molar-refractivity contribution is -0.126. The molecule has 4 unspecified atom stereocenters. The Morgan fingerprint density at radius 3 is 2.09 bits per heavy atom. The summed E-state index contributed by atoms with van der Waals surface area (Å²) < 4.78 is 12.4. The first-order valence-corrected chi connectivity index (χ1v) is 12.1. The Hall–Kier alpha value is -2.93. The van der Waals surface area contributed by atoms with Crippen LogP contribution in [0.1, 0.15) is 17.5 Å². The van der Waals surface area contributed by atoms with Crippen molar-refractivity contribution in [1.29, 1.82) is 0 Å². The van der Waals surface area contributed by atoms with Gasteiger partial charge in [-0.15, -0.1) is 23.2 Å². The summed E-state index contributed by atoms with van der Waals surface area (Å²) in [5.41, 5.74) is 2.09. The van der Waals surface area contributed by atoms with Crippen molar-refractivity contribution < 1.29 is 18.8 Å². The van der Waals surface area contributed by atoms with E-state index in [1.165, 1.54) is 24.3 Å². The van der Waals surface area contributed by atoms with Crippen molar-refractivity contribution in [2.24, 2.45) is 5.92 Å².